The minimum atomic E-state index is 0.191. The van der Waals surface area contributed by atoms with Crippen LogP contribution in [0.5, 0.6) is 0 Å². The van der Waals surface area contributed by atoms with E-state index < -0.39 is 0 Å². The molecular weight excluding hydrogens is 140 g/mol. The Hall–Kier alpha value is -0.340. The molecule has 0 saturated carbocycles. The van der Waals surface area contributed by atoms with Crippen LogP contribution < -0.4 is 0 Å². The molecule has 0 unspecified atom stereocenters. The highest BCUT2D eigenvalue weighted by Gasteiger charge is 2.26. The third-order valence-electron chi connectivity index (χ3n) is 2.60. The summed E-state index contributed by atoms with van der Waals surface area (Å²) in [5.41, 5.74) is 0. The molecule has 0 radical (unpaired) electrons. The van der Waals surface area contributed by atoms with E-state index in [2.05, 4.69) is 19.1 Å². The number of hydrogen-bond acceptors (Lipinski definition) is 2. The molecule has 0 amide bonds. The van der Waals surface area contributed by atoms with E-state index in [1.165, 1.54) is 0 Å². The van der Waals surface area contributed by atoms with Gasteiger partial charge in [0.1, 0.15) is 0 Å². The first-order valence-corrected chi connectivity index (χ1v) is 4.18. The fraction of sp³-hybridized carbons (Fsp3) is 0.778. The molecule has 0 spiro atoms. The maximum Gasteiger partial charge on any atom is 0.0468 e. The number of aliphatic hydroxyl groups excluding tert-OH is 2. The third-order valence-corrected chi connectivity index (χ3v) is 2.60. The molecule has 0 aromatic carbocycles. The molecule has 0 aromatic rings. The summed E-state index contributed by atoms with van der Waals surface area (Å²) in [6.45, 7) is 2.47. The lowest BCUT2D eigenvalue weighted by molar-refractivity contribution is 0.0932. The van der Waals surface area contributed by atoms with Crippen LogP contribution in [0.1, 0.15) is 13.3 Å². The van der Waals surface area contributed by atoms with Gasteiger partial charge in [0, 0.05) is 13.2 Å². The first kappa shape index (κ1) is 8.75. The smallest absolute Gasteiger partial charge is 0.0468 e. The molecule has 0 fully saturated rings. The summed E-state index contributed by atoms with van der Waals surface area (Å²) in [6, 6.07) is 0. The highest BCUT2D eigenvalue weighted by molar-refractivity contribution is 4.98. The molecular formula is C9H16O2. The fourth-order valence-electron chi connectivity index (χ4n) is 1.74. The van der Waals surface area contributed by atoms with E-state index in [-0.39, 0.29) is 25.0 Å². The van der Waals surface area contributed by atoms with Gasteiger partial charge in [0.15, 0.2) is 0 Å². The summed E-state index contributed by atoms with van der Waals surface area (Å²) >= 11 is 0. The summed E-state index contributed by atoms with van der Waals surface area (Å²) in [4.78, 5) is 0. The standard InChI is InChI=1S/C9H16O2/c1-7-3-2-4-8(5-10)9(7)6-11/h2-3,7-11H,4-6H2,1H3/t7-,8-,9-/m0/s1. The van der Waals surface area contributed by atoms with Crippen LogP contribution in [0, 0.1) is 17.8 Å². The second-order valence-corrected chi connectivity index (χ2v) is 3.31. The molecule has 1 rings (SSSR count). The van der Waals surface area contributed by atoms with Gasteiger partial charge in [-0.15, -0.1) is 0 Å². The van der Waals surface area contributed by atoms with Gasteiger partial charge in [-0.25, -0.2) is 0 Å². The SMILES string of the molecule is C[C@H]1C=CC[C@@H](CO)[C@H]1CO. The first-order chi connectivity index (χ1) is 5.29. The Morgan fingerprint density at radius 3 is 2.55 bits per heavy atom. The van der Waals surface area contributed by atoms with Crippen LogP contribution in [-0.4, -0.2) is 23.4 Å². The summed E-state index contributed by atoms with van der Waals surface area (Å²) < 4.78 is 0. The Bertz CT molecular complexity index is 142. The van der Waals surface area contributed by atoms with E-state index in [9.17, 15) is 0 Å². The molecule has 0 saturated heterocycles. The predicted molar refractivity (Wildman–Crippen MR) is 44.1 cm³/mol. The molecule has 11 heavy (non-hydrogen) atoms. The van der Waals surface area contributed by atoms with Crippen LogP contribution in [0.2, 0.25) is 0 Å². The third kappa shape index (κ3) is 1.82. The monoisotopic (exact) mass is 156 g/mol. The fourth-order valence-corrected chi connectivity index (χ4v) is 1.74. The van der Waals surface area contributed by atoms with Crippen LogP contribution >= 0.6 is 0 Å². The normalized spacial score (nSPS) is 37.5. The van der Waals surface area contributed by atoms with Crippen molar-refractivity contribution in [3.8, 4) is 0 Å². The molecule has 0 aromatic heterocycles. The molecule has 0 aliphatic heterocycles. The molecule has 64 valence electrons. The molecule has 1 aliphatic carbocycles. The van der Waals surface area contributed by atoms with Gasteiger partial charge in [-0.1, -0.05) is 19.1 Å². The van der Waals surface area contributed by atoms with E-state index in [4.69, 9.17) is 10.2 Å². The molecule has 0 bridgehead atoms. The molecule has 2 nitrogen and oxygen atoms in total. The van der Waals surface area contributed by atoms with Gasteiger partial charge in [0.05, 0.1) is 0 Å². The molecule has 1 aliphatic rings. The average Bonchev–Trinajstić information content (AvgIpc) is 2.04. The van der Waals surface area contributed by atoms with Gasteiger partial charge in [-0.2, -0.15) is 0 Å². The van der Waals surface area contributed by atoms with E-state index in [1.54, 1.807) is 0 Å². The van der Waals surface area contributed by atoms with Crippen LogP contribution in [0.25, 0.3) is 0 Å². The van der Waals surface area contributed by atoms with E-state index in [0.29, 0.717) is 5.92 Å². The first-order valence-electron chi connectivity index (χ1n) is 4.18. The zero-order valence-electron chi connectivity index (χ0n) is 6.90. The second-order valence-electron chi connectivity index (χ2n) is 3.31. The Labute approximate surface area is 67.6 Å². The lowest BCUT2D eigenvalue weighted by Crippen LogP contribution is -2.29. The Balaban J connectivity index is 2.60. The van der Waals surface area contributed by atoms with Crippen molar-refractivity contribution >= 4 is 0 Å². The van der Waals surface area contributed by atoms with Gasteiger partial charge in [0.2, 0.25) is 0 Å². The van der Waals surface area contributed by atoms with Gasteiger partial charge in [0.25, 0.3) is 0 Å². The molecule has 2 heteroatoms. The van der Waals surface area contributed by atoms with Crippen LogP contribution in [-0.2, 0) is 0 Å². The highest BCUT2D eigenvalue weighted by Crippen LogP contribution is 2.29. The summed E-state index contributed by atoms with van der Waals surface area (Å²) in [7, 11) is 0. The quantitative estimate of drug-likeness (QED) is 0.580. The Morgan fingerprint density at radius 1 is 1.36 bits per heavy atom. The highest BCUT2D eigenvalue weighted by atomic mass is 16.3. The lowest BCUT2D eigenvalue weighted by Gasteiger charge is -2.30. The van der Waals surface area contributed by atoms with Crippen molar-refractivity contribution in [3.05, 3.63) is 12.2 Å². The van der Waals surface area contributed by atoms with Crippen molar-refractivity contribution in [2.75, 3.05) is 13.2 Å². The molecule has 3 atom stereocenters. The van der Waals surface area contributed by atoms with Crippen molar-refractivity contribution in [3.63, 3.8) is 0 Å². The number of allylic oxidation sites excluding steroid dienone is 2. The van der Waals surface area contributed by atoms with Crippen molar-refractivity contribution in [1.29, 1.82) is 0 Å². The van der Waals surface area contributed by atoms with Crippen LogP contribution in [0.15, 0.2) is 12.2 Å². The van der Waals surface area contributed by atoms with Crippen molar-refractivity contribution in [2.45, 2.75) is 13.3 Å². The lowest BCUT2D eigenvalue weighted by atomic mass is 9.77. The van der Waals surface area contributed by atoms with E-state index >= 15 is 0 Å². The zero-order valence-corrected chi connectivity index (χ0v) is 6.90. The second kappa shape index (κ2) is 3.88. The largest absolute Gasteiger partial charge is 0.396 e. The van der Waals surface area contributed by atoms with Gasteiger partial charge >= 0.3 is 0 Å². The topological polar surface area (TPSA) is 40.5 Å². The van der Waals surface area contributed by atoms with Gasteiger partial charge in [-0.3, -0.25) is 0 Å². The minimum absolute atomic E-state index is 0.191. The average molecular weight is 156 g/mol. The molecule has 2 N–H and O–H groups in total. The van der Waals surface area contributed by atoms with Crippen molar-refractivity contribution in [1.82, 2.24) is 0 Å². The summed E-state index contributed by atoms with van der Waals surface area (Å²) in [6.07, 6.45) is 5.12. The van der Waals surface area contributed by atoms with Crippen molar-refractivity contribution < 1.29 is 10.2 Å². The Kier molecular flexibility index (Phi) is 3.09. The molecule has 0 heterocycles. The minimum Gasteiger partial charge on any atom is -0.396 e. The zero-order chi connectivity index (χ0) is 8.27. The van der Waals surface area contributed by atoms with Crippen LogP contribution in [0.3, 0.4) is 0 Å². The van der Waals surface area contributed by atoms with E-state index in [0.717, 1.165) is 6.42 Å². The summed E-state index contributed by atoms with van der Waals surface area (Å²) in [5, 5.41) is 18.0. The predicted octanol–water partition coefficient (Wildman–Crippen LogP) is 0.799. The van der Waals surface area contributed by atoms with E-state index in [1.807, 2.05) is 0 Å². The number of hydrogen-bond donors (Lipinski definition) is 2. The maximum absolute atomic E-state index is 9.02. The van der Waals surface area contributed by atoms with Crippen molar-refractivity contribution in [2.24, 2.45) is 17.8 Å². The number of rotatable bonds is 2. The van der Waals surface area contributed by atoms with Gasteiger partial charge < -0.3 is 10.2 Å². The summed E-state index contributed by atoms with van der Waals surface area (Å²) in [5.74, 6) is 0.927. The maximum atomic E-state index is 9.02. The number of aliphatic hydroxyl groups is 2. The van der Waals surface area contributed by atoms with Gasteiger partial charge in [-0.05, 0) is 24.2 Å². The Morgan fingerprint density at radius 2 is 2.09 bits per heavy atom. The van der Waals surface area contributed by atoms with Crippen LogP contribution in [0.4, 0.5) is 0 Å².